The molecule has 5 nitrogen and oxygen atoms in total. The van der Waals surface area contributed by atoms with Crippen LogP contribution in [0.3, 0.4) is 0 Å². The van der Waals surface area contributed by atoms with Crippen LogP contribution in [0, 0.1) is 12.1 Å². The summed E-state index contributed by atoms with van der Waals surface area (Å²) < 4.78 is 8.83. The van der Waals surface area contributed by atoms with Gasteiger partial charge in [-0.15, -0.1) is 54.1 Å². The van der Waals surface area contributed by atoms with E-state index in [9.17, 15) is 0 Å². The van der Waals surface area contributed by atoms with Gasteiger partial charge < -0.3 is 14.0 Å². The third-order valence-electron chi connectivity index (χ3n) is 8.60. The first-order valence-corrected chi connectivity index (χ1v) is 15.8. The van der Waals surface area contributed by atoms with Crippen LogP contribution in [0.2, 0.25) is 0 Å². The number of fused-ring (bicyclic) bond motifs is 8. The van der Waals surface area contributed by atoms with Crippen LogP contribution in [-0.2, 0) is 20.1 Å². The van der Waals surface area contributed by atoms with Crippen molar-refractivity contribution in [1.29, 1.82) is 0 Å². The Balaban J connectivity index is 0.000000228. The Hall–Kier alpha value is -5.94. The molecule has 4 aromatic heterocycles. The first-order valence-electron chi connectivity index (χ1n) is 15.8. The predicted octanol–water partition coefficient (Wildman–Crippen LogP) is 10.6. The first kappa shape index (κ1) is 30.4. The molecule has 1 radical (unpaired) electrons. The second kappa shape index (κ2) is 12.9. The fraction of sp³-hybridized carbons (Fsp3) is 0. The predicted molar refractivity (Wildman–Crippen MR) is 194 cm³/mol. The van der Waals surface area contributed by atoms with Crippen LogP contribution in [0.1, 0.15) is 0 Å². The van der Waals surface area contributed by atoms with Crippen molar-refractivity contribution in [3.05, 3.63) is 170 Å². The van der Waals surface area contributed by atoms with E-state index in [1.807, 2.05) is 91.1 Å². The summed E-state index contributed by atoms with van der Waals surface area (Å²) in [5, 5.41) is 5.46. The number of rotatable bonds is 3. The summed E-state index contributed by atoms with van der Waals surface area (Å²) in [7, 11) is 0. The van der Waals surface area contributed by atoms with Crippen molar-refractivity contribution in [2.24, 2.45) is 0 Å². The molecule has 0 aliphatic rings. The van der Waals surface area contributed by atoms with Crippen molar-refractivity contribution in [3.63, 3.8) is 0 Å². The molecule has 0 unspecified atom stereocenters. The fourth-order valence-electron chi connectivity index (χ4n) is 6.41. The van der Waals surface area contributed by atoms with E-state index in [2.05, 4.69) is 87.3 Å². The summed E-state index contributed by atoms with van der Waals surface area (Å²) in [6.07, 6.45) is 3.64. The number of benzene rings is 6. The Kier molecular flexibility index (Phi) is 8.02. The second-order valence-electron chi connectivity index (χ2n) is 11.5. The fourth-order valence-corrected chi connectivity index (χ4v) is 6.41. The molecule has 6 heteroatoms. The Morgan fingerprint density at radius 3 is 2.16 bits per heavy atom. The van der Waals surface area contributed by atoms with Gasteiger partial charge in [-0.2, -0.15) is 0 Å². The van der Waals surface area contributed by atoms with Crippen molar-refractivity contribution < 1.29 is 24.5 Å². The van der Waals surface area contributed by atoms with Crippen LogP contribution in [0.15, 0.2) is 162 Å². The zero-order chi connectivity index (χ0) is 31.9. The molecule has 0 fully saturated rings. The minimum Gasteiger partial charge on any atom is -0.500 e. The molecular weight excluding hydrogens is 781 g/mol. The molecule has 0 aliphatic heterocycles. The number of nitrogens with zero attached hydrogens (tertiary/aromatic N) is 4. The normalized spacial score (nSPS) is 11.1. The van der Waals surface area contributed by atoms with Crippen molar-refractivity contribution in [3.8, 4) is 28.3 Å². The van der Waals surface area contributed by atoms with Gasteiger partial charge in [0.05, 0.1) is 34.2 Å². The molecule has 0 N–H and O–H groups in total. The van der Waals surface area contributed by atoms with E-state index >= 15 is 0 Å². The van der Waals surface area contributed by atoms with Crippen LogP contribution in [0.25, 0.3) is 83.0 Å². The molecule has 235 valence electrons. The Bertz CT molecular complexity index is 2680. The van der Waals surface area contributed by atoms with Gasteiger partial charge in [0.25, 0.3) is 0 Å². The number of aromatic nitrogens is 4. The van der Waals surface area contributed by atoms with Gasteiger partial charge >= 0.3 is 0 Å². The summed E-state index contributed by atoms with van der Waals surface area (Å²) in [6.45, 7) is 0. The third-order valence-corrected chi connectivity index (χ3v) is 8.60. The van der Waals surface area contributed by atoms with Crippen LogP contribution in [0.4, 0.5) is 0 Å². The quantitative estimate of drug-likeness (QED) is 0.167. The summed E-state index contributed by atoms with van der Waals surface area (Å²) in [6, 6.07) is 55.5. The maximum atomic E-state index is 6.63. The topological polar surface area (TPSA) is 56.7 Å². The van der Waals surface area contributed by atoms with Gasteiger partial charge in [0, 0.05) is 48.1 Å². The number of pyridine rings is 2. The van der Waals surface area contributed by atoms with Crippen molar-refractivity contribution in [2.45, 2.75) is 0 Å². The average molecular weight is 807 g/mol. The molecular formula is C43H26IrN4O-2. The maximum Gasteiger partial charge on any atom is 0.128 e. The molecule has 10 aromatic rings. The van der Waals surface area contributed by atoms with E-state index in [-0.39, 0.29) is 20.1 Å². The van der Waals surface area contributed by atoms with Crippen molar-refractivity contribution in [1.82, 2.24) is 19.5 Å². The molecule has 0 saturated carbocycles. The van der Waals surface area contributed by atoms with Crippen LogP contribution in [0.5, 0.6) is 0 Å². The van der Waals surface area contributed by atoms with Gasteiger partial charge in [-0.3, -0.25) is 9.97 Å². The van der Waals surface area contributed by atoms with E-state index in [1.165, 1.54) is 0 Å². The smallest absolute Gasteiger partial charge is 0.128 e. The minimum absolute atomic E-state index is 0. The molecule has 0 amide bonds. The largest absolute Gasteiger partial charge is 0.500 e. The number of furan rings is 1. The zero-order valence-corrected chi connectivity index (χ0v) is 28.4. The number of hydrogen-bond donors (Lipinski definition) is 0. The van der Waals surface area contributed by atoms with Crippen LogP contribution >= 0.6 is 0 Å². The minimum atomic E-state index is 0. The molecule has 0 aliphatic carbocycles. The average Bonchev–Trinajstić information content (AvgIpc) is 3.76. The van der Waals surface area contributed by atoms with Gasteiger partial charge in [0.2, 0.25) is 0 Å². The van der Waals surface area contributed by atoms with Crippen LogP contribution < -0.4 is 0 Å². The van der Waals surface area contributed by atoms with E-state index in [0.717, 1.165) is 83.0 Å². The molecule has 49 heavy (non-hydrogen) atoms. The standard InChI is InChI=1S/C32H18N3O.C11H8N.Ir/c1-2-10-21(11-3-1)35-29-25-13-6-7-16-27(25)33-19-28(29)34-32(35)26-15-8-14-23-24-18-17-20-9-4-5-12-22(20)30(24)36-31(23)26;1-2-6-10(7-3-1)11-8-4-5-9-12-11;/h1-14,16-19H;1-6,8-9H;/q2*-1;. The van der Waals surface area contributed by atoms with Gasteiger partial charge in [0.15, 0.2) is 0 Å². The summed E-state index contributed by atoms with van der Waals surface area (Å²) in [4.78, 5) is 14.0. The van der Waals surface area contributed by atoms with Crippen molar-refractivity contribution >= 4 is 54.6 Å². The Morgan fingerprint density at radius 1 is 0.551 bits per heavy atom. The summed E-state index contributed by atoms with van der Waals surface area (Å²) >= 11 is 0. The van der Waals surface area contributed by atoms with Crippen molar-refractivity contribution in [2.75, 3.05) is 0 Å². The summed E-state index contributed by atoms with van der Waals surface area (Å²) in [5.41, 5.74) is 8.33. The van der Waals surface area contributed by atoms with Gasteiger partial charge in [-0.05, 0) is 35.3 Å². The number of para-hydroxylation sites is 2. The Labute approximate surface area is 295 Å². The van der Waals surface area contributed by atoms with Gasteiger partial charge in [-0.25, -0.2) is 0 Å². The molecule has 6 aromatic carbocycles. The molecule has 0 atom stereocenters. The molecule has 4 heterocycles. The van der Waals surface area contributed by atoms with Gasteiger partial charge in [0.1, 0.15) is 5.58 Å². The maximum absolute atomic E-state index is 6.63. The van der Waals surface area contributed by atoms with Crippen LogP contribution in [-0.4, -0.2) is 19.5 Å². The number of hydrogen-bond acceptors (Lipinski definition) is 4. The molecule has 0 bridgehead atoms. The summed E-state index contributed by atoms with van der Waals surface area (Å²) in [5.74, 6) is 0.781. The van der Waals surface area contributed by atoms with Gasteiger partial charge in [-0.1, -0.05) is 95.9 Å². The number of imidazole rings is 1. The van der Waals surface area contributed by atoms with E-state index in [4.69, 9.17) is 9.40 Å². The molecule has 10 rings (SSSR count). The first-order chi connectivity index (χ1) is 23.8. The third kappa shape index (κ3) is 5.37. The SMILES string of the molecule is [Ir].[c-]1ccc2c(oc3c4ccccc4ccc23)c1-c1nc2cnc3ccccc3c2n1-c1ccccc1.[c-]1ccccc1-c1ccccn1. The molecule has 0 saturated heterocycles. The second-order valence-corrected chi connectivity index (χ2v) is 11.5. The zero-order valence-electron chi connectivity index (χ0n) is 26.0. The van der Waals surface area contributed by atoms with E-state index < -0.39 is 0 Å². The Morgan fingerprint density at radius 2 is 1.33 bits per heavy atom. The van der Waals surface area contributed by atoms with E-state index in [0.29, 0.717) is 0 Å². The monoisotopic (exact) mass is 807 g/mol. The van der Waals surface area contributed by atoms with E-state index in [1.54, 1.807) is 6.20 Å². The molecule has 0 spiro atoms.